The maximum Gasteiger partial charge on any atom is 0.305 e. The second-order valence-corrected chi connectivity index (χ2v) is 14.4. The number of rotatable bonds is 26. The van der Waals surface area contributed by atoms with Crippen LogP contribution >= 0.6 is 0 Å². The van der Waals surface area contributed by atoms with Crippen molar-refractivity contribution >= 4 is 29.7 Å². The van der Waals surface area contributed by atoms with Crippen molar-refractivity contribution in [2.24, 2.45) is 17.4 Å². The molecule has 3 amide bonds. The summed E-state index contributed by atoms with van der Waals surface area (Å²) in [6, 6.07) is 6.23. The summed E-state index contributed by atoms with van der Waals surface area (Å²) in [5.41, 5.74) is 11.8. The third-order valence-electron chi connectivity index (χ3n) is 9.44. The summed E-state index contributed by atoms with van der Waals surface area (Å²) in [4.78, 5) is 63.7. The third-order valence-corrected chi connectivity index (χ3v) is 9.44. The van der Waals surface area contributed by atoms with E-state index in [-0.39, 0.29) is 31.7 Å². The van der Waals surface area contributed by atoms with Crippen LogP contribution in [0.15, 0.2) is 30.3 Å². The summed E-state index contributed by atoms with van der Waals surface area (Å²) in [5, 5.41) is 24.7. The van der Waals surface area contributed by atoms with Crippen LogP contribution < -0.4 is 21.5 Å². The Morgan fingerprint density at radius 1 is 0.909 bits per heavy atom. The topological polar surface area (TPSA) is 239 Å². The number of carbonyl (C=O) groups is 5. The van der Waals surface area contributed by atoms with Gasteiger partial charge in [0.2, 0.25) is 17.7 Å². The SMILES string of the molecule is COC(=O)CC[C@H](C(N)=O)N(CC(C)O[C@H]1[C@H](O)[C@@H](COC(=O)CCCCCCCCCCOc2ccccc2)O[C@H](O)[C@@H]1NC(C)=O)C(=O)[C@@H](N)C(C)C. The smallest absolute Gasteiger partial charge is 0.305 e. The van der Waals surface area contributed by atoms with E-state index >= 15 is 0 Å². The van der Waals surface area contributed by atoms with Gasteiger partial charge >= 0.3 is 11.9 Å². The number of esters is 2. The van der Waals surface area contributed by atoms with Gasteiger partial charge in [0.1, 0.15) is 42.8 Å². The fourth-order valence-corrected chi connectivity index (χ4v) is 6.25. The number of ether oxygens (including phenoxy) is 5. The zero-order valence-electron chi connectivity index (χ0n) is 33.1. The van der Waals surface area contributed by atoms with Gasteiger partial charge in [0.25, 0.3) is 0 Å². The lowest BCUT2D eigenvalue weighted by molar-refractivity contribution is -0.269. The highest BCUT2D eigenvalue weighted by Gasteiger charge is 2.47. The minimum Gasteiger partial charge on any atom is -0.494 e. The molecule has 8 atom stereocenters. The van der Waals surface area contributed by atoms with Crippen LogP contribution in [0.2, 0.25) is 0 Å². The highest BCUT2D eigenvalue weighted by Crippen LogP contribution is 2.25. The van der Waals surface area contributed by atoms with Gasteiger partial charge in [-0.25, -0.2) is 0 Å². The van der Waals surface area contributed by atoms with Crippen molar-refractivity contribution in [3.8, 4) is 5.75 Å². The number of benzene rings is 1. The Balaban J connectivity index is 1.92. The van der Waals surface area contributed by atoms with E-state index in [1.54, 1.807) is 20.8 Å². The first-order valence-corrected chi connectivity index (χ1v) is 19.4. The molecule has 0 aliphatic carbocycles. The Bertz CT molecular complexity index is 1320. The highest BCUT2D eigenvalue weighted by molar-refractivity contribution is 5.89. The molecule has 16 heteroatoms. The first-order chi connectivity index (χ1) is 26.2. The van der Waals surface area contributed by atoms with Crippen molar-refractivity contribution in [1.82, 2.24) is 10.2 Å². The van der Waals surface area contributed by atoms with Gasteiger partial charge in [0.05, 0.1) is 25.9 Å². The van der Waals surface area contributed by atoms with E-state index < -0.39 is 85.1 Å². The number of primary amides is 1. The van der Waals surface area contributed by atoms with Crippen LogP contribution in [-0.4, -0.2) is 120 Å². The lowest BCUT2D eigenvalue weighted by atomic mass is 9.96. The maximum absolute atomic E-state index is 13.5. The summed E-state index contributed by atoms with van der Waals surface area (Å²) >= 11 is 0. The van der Waals surface area contributed by atoms with Gasteiger partial charge in [-0.1, -0.05) is 70.6 Å². The number of hydrogen-bond acceptors (Lipinski definition) is 13. The van der Waals surface area contributed by atoms with E-state index in [9.17, 15) is 34.2 Å². The number of hydrogen-bond donors (Lipinski definition) is 5. The molecule has 1 aliphatic rings. The van der Waals surface area contributed by atoms with Crippen LogP contribution in [0.3, 0.4) is 0 Å². The average molecular weight is 781 g/mol. The lowest BCUT2D eigenvalue weighted by Crippen LogP contribution is -2.66. The zero-order chi connectivity index (χ0) is 40.9. The molecule has 1 saturated heterocycles. The van der Waals surface area contributed by atoms with E-state index in [1.165, 1.54) is 14.0 Å². The van der Waals surface area contributed by atoms with Crippen LogP contribution in [0.1, 0.15) is 98.3 Å². The minimum absolute atomic E-state index is 0.141. The Hall–Kier alpha value is -3.83. The van der Waals surface area contributed by atoms with Gasteiger partial charge in [0.15, 0.2) is 6.29 Å². The first-order valence-electron chi connectivity index (χ1n) is 19.4. The van der Waals surface area contributed by atoms with Crippen molar-refractivity contribution in [3.05, 3.63) is 30.3 Å². The molecule has 1 fully saturated rings. The summed E-state index contributed by atoms with van der Waals surface area (Å²) in [7, 11) is 1.19. The van der Waals surface area contributed by atoms with E-state index in [4.69, 9.17) is 30.4 Å². The predicted octanol–water partition coefficient (Wildman–Crippen LogP) is 2.10. The molecule has 1 unspecified atom stereocenters. The fraction of sp³-hybridized carbons (Fsp3) is 0.718. The minimum atomic E-state index is -1.66. The van der Waals surface area contributed by atoms with Gasteiger partial charge in [-0.2, -0.15) is 0 Å². The van der Waals surface area contributed by atoms with E-state index in [0.29, 0.717) is 13.0 Å². The van der Waals surface area contributed by atoms with Crippen molar-refractivity contribution in [2.45, 2.75) is 147 Å². The number of nitrogens with zero attached hydrogens (tertiary/aromatic N) is 1. The zero-order valence-corrected chi connectivity index (χ0v) is 33.1. The highest BCUT2D eigenvalue weighted by atomic mass is 16.6. The summed E-state index contributed by atoms with van der Waals surface area (Å²) < 4.78 is 27.5. The second-order valence-electron chi connectivity index (χ2n) is 14.4. The molecular weight excluding hydrogens is 716 g/mol. The van der Waals surface area contributed by atoms with Crippen molar-refractivity contribution in [2.75, 3.05) is 26.9 Å². The average Bonchev–Trinajstić information content (AvgIpc) is 3.14. The molecule has 0 aromatic heterocycles. The maximum atomic E-state index is 13.5. The third kappa shape index (κ3) is 17.2. The van der Waals surface area contributed by atoms with Gasteiger partial charge in [-0.15, -0.1) is 0 Å². The number of nitrogens with one attached hydrogen (secondary N) is 1. The van der Waals surface area contributed by atoms with Crippen molar-refractivity contribution in [3.63, 3.8) is 0 Å². The molecule has 55 heavy (non-hydrogen) atoms. The van der Waals surface area contributed by atoms with Crippen LogP contribution in [0.5, 0.6) is 5.75 Å². The number of unbranched alkanes of at least 4 members (excludes halogenated alkanes) is 7. The van der Waals surface area contributed by atoms with Crippen LogP contribution in [-0.2, 0) is 42.9 Å². The normalized spacial score (nSPS) is 21.2. The quantitative estimate of drug-likeness (QED) is 0.0670. The van der Waals surface area contributed by atoms with Gasteiger partial charge < -0.3 is 55.6 Å². The molecule has 312 valence electrons. The monoisotopic (exact) mass is 780 g/mol. The molecule has 0 bridgehead atoms. The molecular formula is C39H64N4O12. The van der Waals surface area contributed by atoms with Crippen LogP contribution in [0.25, 0.3) is 0 Å². The van der Waals surface area contributed by atoms with Gasteiger partial charge in [0, 0.05) is 26.3 Å². The molecule has 1 aromatic carbocycles. The number of carbonyl (C=O) groups excluding carboxylic acids is 5. The van der Waals surface area contributed by atoms with Crippen molar-refractivity contribution < 1.29 is 57.9 Å². The molecule has 1 aliphatic heterocycles. The van der Waals surface area contributed by atoms with Crippen LogP contribution in [0, 0.1) is 5.92 Å². The Kier molecular flexibility index (Phi) is 21.8. The van der Waals surface area contributed by atoms with E-state index in [2.05, 4.69) is 10.1 Å². The second kappa shape index (κ2) is 25.4. The Labute approximate surface area is 324 Å². The number of methoxy groups -OCH3 is 1. The molecule has 1 aromatic rings. The van der Waals surface area contributed by atoms with Gasteiger partial charge in [-0.05, 0) is 44.2 Å². The number of aliphatic hydroxyl groups excluding tert-OH is 2. The molecule has 7 N–H and O–H groups in total. The molecule has 1 heterocycles. The molecule has 2 rings (SSSR count). The number of para-hydroxylation sites is 1. The van der Waals surface area contributed by atoms with E-state index in [0.717, 1.165) is 55.6 Å². The predicted molar refractivity (Wildman–Crippen MR) is 202 cm³/mol. The van der Waals surface area contributed by atoms with Gasteiger partial charge in [-0.3, -0.25) is 24.0 Å². The largest absolute Gasteiger partial charge is 0.494 e. The number of nitrogens with two attached hydrogens (primary N) is 2. The Morgan fingerprint density at radius 3 is 2.11 bits per heavy atom. The van der Waals surface area contributed by atoms with E-state index in [1.807, 2.05) is 30.3 Å². The standard InChI is InChI=1S/C39H64N4O12/c1-25(2)33(40)38(49)43(29(37(41)48)20-21-31(45)51-5)23-26(3)54-36-34(42-27(4)44)39(50)55-30(35(36)47)24-53-32(46)19-15-10-8-6-7-9-11-16-22-52-28-17-13-12-14-18-28/h12-14,17-18,25-26,29-30,33-36,39,47,50H,6-11,15-16,19-24,40H2,1-5H3,(H2,41,48)(H,42,44)/t26?,29-,30-,33+,34-,35-,36-,39+/m1/s1. The summed E-state index contributed by atoms with van der Waals surface area (Å²) in [6.45, 7) is 6.27. The van der Waals surface area contributed by atoms with Crippen LogP contribution in [0.4, 0.5) is 0 Å². The molecule has 16 nitrogen and oxygen atoms in total. The fourth-order valence-electron chi connectivity index (χ4n) is 6.25. The number of amides is 3. The Morgan fingerprint density at radius 2 is 1.53 bits per heavy atom. The van der Waals surface area contributed by atoms with Crippen molar-refractivity contribution in [1.29, 1.82) is 0 Å². The summed E-state index contributed by atoms with van der Waals surface area (Å²) in [6.07, 6.45) is 1.08. The summed E-state index contributed by atoms with van der Waals surface area (Å²) in [5.74, 6) is -2.56. The molecule has 0 saturated carbocycles. The molecule has 0 radical (unpaired) electrons. The first kappa shape index (κ1) is 47.3. The molecule has 0 spiro atoms. The lowest BCUT2D eigenvalue weighted by Gasteiger charge is -2.44. The number of aliphatic hydroxyl groups is 2.